The van der Waals surface area contributed by atoms with E-state index in [1.165, 1.54) is 11.3 Å². The average Bonchev–Trinajstić information content (AvgIpc) is 3.51. The van der Waals surface area contributed by atoms with Crippen molar-refractivity contribution in [2.45, 2.75) is 6.17 Å². The number of thiazole rings is 1. The number of para-hydroxylation sites is 1. The number of rotatable bonds is 5. The Morgan fingerprint density at radius 1 is 1.06 bits per heavy atom. The standard InChI is InChI=1S/C24H20BrN7O3S/c25-23-28-18(22(36-23)32-10-12-34-13-11-32)21-30-31-24(35-21)29-19-20(33)26-16-9-5-4-8-15(16)17(27-19)14-6-2-1-3-7-14/h1-9,19H,10-13H2,(H,26,33)(H,29,31)/t19-/m1/s1. The van der Waals surface area contributed by atoms with Gasteiger partial charge in [0.05, 0.1) is 24.6 Å². The number of carbonyl (C=O) groups excluding carboxylic acids is 1. The first-order chi connectivity index (χ1) is 17.7. The molecule has 4 aromatic rings. The van der Waals surface area contributed by atoms with Crippen molar-refractivity contribution in [1.82, 2.24) is 15.2 Å². The van der Waals surface area contributed by atoms with Gasteiger partial charge in [-0.05, 0) is 22.0 Å². The monoisotopic (exact) mass is 565 g/mol. The molecular formula is C24H20BrN7O3S. The van der Waals surface area contributed by atoms with Gasteiger partial charge in [0, 0.05) is 24.2 Å². The second kappa shape index (κ2) is 9.80. The van der Waals surface area contributed by atoms with Crippen LogP contribution in [0.1, 0.15) is 11.1 Å². The molecule has 0 spiro atoms. The van der Waals surface area contributed by atoms with Gasteiger partial charge in [0.25, 0.3) is 11.8 Å². The van der Waals surface area contributed by atoms with E-state index in [4.69, 9.17) is 14.1 Å². The Labute approximate surface area is 218 Å². The smallest absolute Gasteiger partial charge is 0.317 e. The van der Waals surface area contributed by atoms with Gasteiger partial charge < -0.3 is 24.7 Å². The Kier molecular flexibility index (Phi) is 6.21. The van der Waals surface area contributed by atoms with E-state index in [2.05, 4.69) is 46.6 Å². The molecule has 12 heteroatoms. The molecule has 0 unspecified atom stereocenters. The highest BCUT2D eigenvalue weighted by molar-refractivity contribution is 9.11. The van der Waals surface area contributed by atoms with Crippen molar-refractivity contribution >= 4 is 55.6 Å². The zero-order valence-corrected chi connectivity index (χ0v) is 21.3. The summed E-state index contributed by atoms with van der Waals surface area (Å²) >= 11 is 4.96. The summed E-state index contributed by atoms with van der Waals surface area (Å²) in [5.41, 5.74) is 3.67. The number of nitrogens with one attached hydrogen (secondary N) is 2. The molecule has 1 amide bonds. The van der Waals surface area contributed by atoms with E-state index < -0.39 is 6.17 Å². The second-order valence-electron chi connectivity index (χ2n) is 8.06. The Morgan fingerprint density at radius 2 is 1.83 bits per heavy atom. The molecule has 2 aliphatic heterocycles. The summed E-state index contributed by atoms with van der Waals surface area (Å²) in [7, 11) is 0. The number of morpholine rings is 1. The number of carbonyl (C=O) groups is 1. The minimum Gasteiger partial charge on any atom is -0.402 e. The molecular weight excluding hydrogens is 546 g/mol. The summed E-state index contributed by atoms with van der Waals surface area (Å²) in [6, 6.07) is 17.4. The number of fused-ring (bicyclic) bond motifs is 1. The van der Waals surface area contributed by atoms with E-state index in [-0.39, 0.29) is 17.8 Å². The molecule has 10 nitrogen and oxygen atoms in total. The molecule has 4 heterocycles. The maximum absolute atomic E-state index is 13.1. The summed E-state index contributed by atoms with van der Waals surface area (Å²) in [6.45, 7) is 2.79. The number of aliphatic imine (C=N–C) groups is 1. The first-order valence-electron chi connectivity index (χ1n) is 11.3. The number of benzodiazepines with no additional fused rings is 1. The zero-order valence-electron chi connectivity index (χ0n) is 18.8. The number of hydrogen-bond acceptors (Lipinski definition) is 10. The highest BCUT2D eigenvalue weighted by Crippen LogP contribution is 2.38. The van der Waals surface area contributed by atoms with Crippen LogP contribution in [-0.2, 0) is 9.53 Å². The molecule has 0 saturated carbocycles. The minimum absolute atomic E-state index is 0.0734. The number of amides is 1. The van der Waals surface area contributed by atoms with Crippen molar-refractivity contribution in [2.24, 2.45) is 4.99 Å². The molecule has 2 aromatic carbocycles. The van der Waals surface area contributed by atoms with Crippen LogP contribution < -0.4 is 15.5 Å². The minimum atomic E-state index is -0.984. The van der Waals surface area contributed by atoms with Crippen LogP contribution in [0.25, 0.3) is 11.6 Å². The van der Waals surface area contributed by atoms with Gasteiger partial charge in [-0.25, -0.2) is 9.98 Å². The van der Waals surface area contributed by atoms with Crippen LogP contribution in [0.15, 0.2) is 67.9 Å². The lowest BCUT2D eigenvalue weighted by Crippen LogP contribution is -2.35. The van der Waals surface area contributed by atoms with Crippen LogP contribution in [0.4, 0.5) is 16.7 Å². The highest BCUT2D eigenvalue weighted by Gasteiger charge is 2.28. The third kappa shape index (κ3) is 4.50. The number of anilines is 3. The molecule has 1 atom stereocenters. The maximum atomic E-state index is 13.1. The Morgan fingerprint density at radius 3 is 2.67 bits per heavy atom. The highest BCUT2D eigenvalue weighted by atomic mass is 79.9. The van der Waals surface area contributed by atoms with E-state index in [0.29, 0.717) is 34.2 Å². The summed E-state index contributed by atoms with van der Waals surface area (Å²) < 4.78 is 12.1. The van der Waals surface area contributed by atoms with Gasteiger partial charge in [-0.1, -0.05) is 65.0 Å². The molecule has 0 bridgehead atoms. The lowest BCUT2D eigenvalue weighted by molar-refractivity contribution is -0.116. The number of hydrogen-bond donors (Lipinski definition) is 2. The van der Waals surface area contributed by atoms with Crippen molar-refractivity contribution in [3.8, 4) is 11.6 Å². The van der Waals surface area contributed by atoms with Crippen LogP contribution in [0.3, 0.4) is 0 Å². The SMILES string of the molecule is O=C1Nc2ccccc2C(c2ccccc2)=N[C@@H]1Nc1nnc(-c2nc(Br)sc2N2CCOCC2)o1. The number of halogens is 1. The molecule has 1 saturated heterocycles. The first kappa shape index (κ1) is 22.8. The summed E-state index contributed by atoms with van der Waals surface area (Å²) in [5, 5.41) is 15.2. The fourth-order valence-electron chi connectivity index (χ4n) is 4.08. The van der Waals surface area contributed by atoms with Crippen LogP contribution in [0, 0.1) is 0 Å². The Balaban J connectivity index is 1.31. The molecule has 182 valence electrons. The summed E-state index contributed by atoms with van der Waals surface area (Å²) in [4.78, 5) is 24.6. The topological polar surface area (TPSA) is 118 Å². The molecule has 6 rings (SSSR count). The van der Waals surface area contributed by atoms with E-state index in [1.807, 2.05) is 54.6 Å². The van der Waals surface area contributed by atoms with E-state index >= 15 is 0 Å². The largest absolute Gasteiger partial charge is 0.402 e. The van der Waals surface area contributed by atoms with Crippen molar-refractivity contribution in [3.05, 3.63) is 69.6 Å². The van der Waals surface area contributed by atoms with Crippen molar-refractivity contribution in [3.63, 3.8) is 0 Å². The van der Waals surface area contributed by atoms with Gasteiger partial charge in [0.1, 0.15) is 5.00 Å². The van der Waals surface area contributed by atoms with E-state index in [9.17, 15) is 4.79 Å². The fraction of sp³-hybridized carbons (Fsp3) is 0.208. The molecule has 0 aliphatic carbocycles. The normalized spacial score (nSPS) is 17.7. The third-order valence-corrected chi connectivity index (χ3v) is 7.33. The van der Waals surface area contributed by atoms with Crippen molar-refractivity contribution in [1.29, 1.82) is 0 Å². The van der Waals surface area contributed by atoms with Gasteiger partial charge in [-0.2, -0.15) is 0 Å². The van der Waals surface area contributed by atoms with Crippen LogP contribution in [0.2, 0.25) is 0 Å². The number of aromatic nitrogens is 3. The Hall–Kier alpha value is -3.61. The van der Waals surface area contributed by atoms with Gasteiger partial charge in [0.15, 0.2) is 9.61 Å². The Bertz CT molecular complexity index is 1430. The van der Waals surface area contributed by atoms with Crippen LogP contribution in [-0.4, -0.2) is 59.3 Å². The van der Waals surface area contributed by atoms with E-state index in [1.54, 1.807) is 0 Å². The fourth-order valence-corrected chi connectivity index (χ4v) is 5.56. The molecule has 0 radical (unpaired) electrons. The maximum Gasteiger partial charge on any atom is 0.317 e. The summed E-state index contributed by atoms with van der Waals surface area (Å²) in [6.07, 6.45) is -0.984. The van der Waals surface area contributed by atoms with Crippen molar-refractivity contribution < 1.29 is 13.9 Å². The molecule has 2 aromatic heterocycles. The van der Waals surface area contributed by atoms with Crippen LogP contribution >= 0.6 is 27.3 Å². The molecule has 2 N–H and O–H groups in total. The quantitative estimate of drug-likeness (QED) is 0.372. The third-order valence-electron chi connectivity index (χ3n) is 5.76. The zero-order chi connectivity index (χ0) is 24.5. The van der Waals surface area contributed by atoms with E-state index in [0.717, 1.165) is 29.2 Å². The van der Waals surface area contributed by atoms with Crippen LogP contribution in [0.5, 0.6) is 0 Å². The van der Waals surface area contributed by atoms with Crippen molar-refractivity contribution in [2.75, 3.05) is 41.8 Å². The average molecular weight is 566 g/mol. The predicted molar refractivity (Wildman–Crippen MR) is 141 cm³/mol. The predicted octanol–water partition coefficient (Wildman–Crippen LogP) is 4.02. The number of ether oxygens (including phenoxy) is 1. The summed E-state index contributed by atoms with van der Waals surface area (Å²) in [5.74, 6) is -0.0796. The second-order valence-corrected chi connectivity index (χ2v) is 10.3. The van der Waals surface area contributed by atoms with Gasteiger partial charge in [-0.3, -0.25) is 4.79 Å². The van der Waals surface area contributed by atoms with Gasteiger partial charge >= 0.3 is 6.01 Å². The van der Waals surface area contributed by atoms with Gasteiger partial charge in [0.2, 0.25) is 6.17 Å². The lowest BCUT2D eigenvalue weighted by atomic mass is 10.0. The van der Waals surface area contributed by atoms with Gasteiger partial charge in [-0.15, -0.1) is 5.10 Å². The molecule has 1 fully saturated rings. The lowest BCUT2D eigenvalue weighted by Gasteiger charge is -2.27. The molecule has 36 heavy (non-hydrogen) atoms. The molecule has 2 aliphatic rings. The number of nitrogens with zero attached hydrogens (tertiary/aromatic N) is 5. The number of benzene rings is 2. The first-order valence-corrected chi connectivity index (χ1v) is 12.9.